The summed E-state index contributed by atoms with van der Waals surface area (Å²) in [7, 11) is 0. The van der Waals surface area contributed by atoms with Crippen LogP contribution in [0.1, 0.15) is 39.5 Å². The van der Waals surface area contributed by atoms with Gasteiger partial charge in [-0.3, -0.25) is 0 Å². The zero-order valence-corrected chi connectivity index (χ0v) is 8.14. The molecule has 0 saturated carbocycles. The number of hydrogen-bond acceptors (Lipinski definition) is 0. The third-order valence-electron chi connectivity index (χ3n) is 3.23. The third-order valence-corrected chi connectivity index (χ3v) is 3.23. The van der Waals surface area contributed by atoms with Crippen LogP contribution in [0.4, 0.5) is 0 Å². The van der Waals surface area contributed by atoms with Crippen molar-refractivity contribution in [1.82, 2.24) is 0 Å². The van der Waals surface area contributed by atoms with Crippen molar-refractivity contribution in [1.29, 1.82) is 0 Å². The van der Waals surface area contributed by atoms with Gasteiger partial charge >= 0.3 is 0 Å². The molecule has 12 heavy (non-hydrogen) atoms. The molecular weight excluding hydrogens is 144 g/mol. The van der Waals surface area contributed by atoms with Gasteiger partial charge in [-0.1, -0.05) is 31.6 Å². The smallest absolute Gasteiger partial charge is 0.0191 e. The first-order chi connectivity index (χ1) is 5.77. The molecule has 2 aliphatic carbocycles. The summed E-state index contributed by atoms with van der Waals surface area (Å²) in [5.74, 6) is 1.62. The molecule has 0 bridgehead atoms. The first-order valence-electron chi connectivity index (χ1n) is 5.17. The fourth-order valence-electron chi connectivity index (χ4n) is 2.50. The minimum atomic E-state index is 0.786. The van der Waals surface area contributed by atoms with E-state index in [-0.39, 0.29) is 0 Å². The monoisotopic (exact) mass is 162 g/mol. The highest BCUT2D eigenvalue weighted by molar-refractivity contribution is 5.33. The van der Waals surface area contributed by atoms with Crippen molar-refractivity contribution in [3.63, 3.8) is 0 Å². The standard InChI is InChI=1S/C12H18/c1-9-6-7-12-10(2)4-3-5-11(12)8-9/h6-7,9-10H,3-5,8H2,1-2H3. The van der Waals surface area contributed by atoms with Gasteiger partial charge in [0.25, 0.3) is 0 Å². The highest BCUT2D eigenvalue weighted by atomic mass is 14.3. The van der Waals surface area contributed by atoms with Crippen LogP contribution < -0.4 is 0 Å². The van der Waals surface area contributed by atoms with E-state index in [1.54, 1.807) is 11.1 Å². The molecule has 0 heterocycles. The molecule has 0 amide bonds. The normalized spacial score (nSPS) is 35.2. The molecule has 0 aromatic rings. The van der Waals surface area contributed by atoms with Gasteiger partial charge in [0.15, 0.2) is 0 Å². The van der Waals surface area contributed by atoms with Crippen LogP contribution in [-0.4, -0.2) is 0 Å². The van der Waals surface area contributed by atoms with Crippen molar-refractivity contribution in [2.45, 2.75) is 39.5 Å². The largest absolute Gasteiger partial charge is 0.0811 e. The predicted octanol–water partition coefficient (Wildman–Crippen LogP) is 3.70. The van der Waals surface area contributed by atoms with Crippen molar-refractivity contribution in [2.75, 3.05) is 0 Å². The Morgan fingerprint density at radius 1 is 1.33 bits per heavy atom. The minimum Gasteiger partial charge on any atom is -0.0811 e. The van der Waals surface area contributed by atoms with Crippen LogP contribution in [0.5, 0.6) is 0 Å². The molecule has 0 nitrogen and oxygen atoms in total. The van der Waals surface area contributed by atoms with E-state index in [4.69, 9.17) is 0 Å². The Balaban J connectivity index is 2.25. The highest BCUT2D eigenvalue weighted by Gasteiger charge is 2.20. The fraction of sp³-hybridized carbons (Fsp3) is 0.667. The molecule has 0 fully saturated rings. The Hall–Kier alpha value is -0.520. The first kappa shape index (κ1) is 8.10. The Bertz CT molecular complexity index is 232. The molecule has 2 rings (SSSR count). The minimum absolute atomic E-state index is 0.786. The van der Waals surface area contributed by atoms with E-state index in [9.17, 15) is 0 Å². The van der Waals surface area contributed by atoms with E-state index in [2.05, 4.69) is 26.0 Å². The number of rotatable bonds is 0. The summed E-state index contributed by atoms with van der Waals surface area (Å²) in [5.41, 5.74) is 3.42. The van der Waals surface area contributed by atoms with Crippen molar-refractivity contribution >= 4 is 0 Å². The molecule has 0 aromatic heterocycles. The van der Waals surface area contributed by atoms with E-state index in [0.29, 0.717) is 0 Å². The van der Waals surface area contributed by atoms with Crippen molar-refractivity contribution < 1.29 is 0 Å². The van der Waals surface area contributed by atoms with Crippen molar-refractivity contribution in [2.24, 2.45) is 11.8 Å². The second-order valence-electron chi connectivity index (χ2n) is 4.39. The van der Waals surface area contributed by atoms with E-state index < -0.39 is 0 Å². The third kappa shape index (κ3) is 1.35. The van der Waals surface area contributed by atoms with E-state index in [1.165, 1.54) is 25.7 Å². The van der Waals surface area contributed by atoms with Crippen LogP contribution in [0.15, 0.2) is 23.3 Å². The van der Waals surface area contributed by atoms with Gasteiger partial charge in [-0.15, -0.1) is 0 Å². The van der Waals surface area contributed by atoms with Gasteiger partial charge in [0.2, 0.25) is 0 Å². The summed E-state index contributed by atoms with van der Waals surface area (Å²) < 4.78 is 0. The molecule has 0 aromatic carbocycles. The molecule has 2 aliphatic rings. The first-order valence-corrected chi connectivity index (χ1v) is 5.17. The second kappa shape index (κ2) is 3.08. The lowest BCUT2D eigenvalue weighted by molar-refractivity contribution is 0.512. The zero-order chi connectivity index (χ0) is 8.55. The number of allylic oxidation sites excluding steroid dienone is 4. The van der Waals surface area contributed by atoms with Gasteiger partial charge in [0.1, 0.15) is 0 Å². The topological polar surface area (TPSA) is 0 Å². The average molecular weight is 162 g/mol. The maximum atomic E-state index is 2.38. The summed E-state index contributed by atoms with van der Waals surface area (Å²) in [6, 6.07) is 0. The molecule has 0 radical (unpaired) electrons. The SMILES string of the molecule is CC1C=CC2=C(CCCC2C)C1. The van der Waals surface area contributed by atoms with Crippen molar-refractivity contribution in [3.05, 3.63) is 23.3 Å². The fourth-order valence-corrected chi connectivity index (χ4v) is 2.50. The molecule has 0 heteroatoms. The Morgan fingerprint density at radius 2 is 2.17 bits per heavy atom. The van der Waals surface area contributed by atoms with Gasteiger partial charge < -0.3 is 0 Å². The van der Waals surface area contributed by atoms with Crippen LogP contribution in [0, 0.1) is 11.8 Å². The molecule has 0 spiro atoms. The van der Waals surface area contributed by atoms with Crippen LogP contribution in [-0.2, 0) is 0 Å². The summed E-state index contributed by atoms with van der Waals surface area (Å²) in [6.07, 6.45) is 10.3. The highest BCUT2D eigenvalue weighted by Crippen LogP contribution is 2.37. The van der Waals surface area contributed by atoms with Crippen LogP contribution in [0.25, 0.3) is 0 Å². The average Bonchev–Trinajstić information content (AvgIpc) is 2.04. The van der Waals surface area contributed by atoms with E-state index >= 15 is 0 Å². The van der Waals surface area contributed by atoms with Gasteiger partial charge in [-0.2, -0.15) is 0 Å². The number of hydrogen-bond donors (Lipinski definition) is 0. The van der Waals surface area contributed by atoms with Gasteiger partial charge in [0, 0.05) is 0 Å². The van der Waals surface area contributed by atoms with Crippen LogP contribution >= 0.6 is 0 Å². The maximum absolute atomic E-state index is 2.38. The summed E-state index contributed by atoms with van der Waals surface area (Å²) in [6.45, 7) is 4.69. The molecule has 2 unspecified atom stereocenters. The van der Waals surface area contributed by atoms with Crippen molar-refractivity contribution in [3.8, 4) is 0 Å². The molecule has 66 valence electrons. The van der Waals surface area contributed by atoms with Gasteiger partial charge in [-0.05, 0) is 43.1 Å². The lowest BCUT2D eigenvalue weighted by atomic mass is 9.77. The summed E-state index contributed by atoms with van der Waals surface area (Å²) >= 11 is 0. The van der Waals surface area contributed by atoms with E-state index in [0.717, 1.165) is 11.8 Å². The van der Waals surface area contributed by atoms with Crippen LogP contribution in [0.2, 0.25) is 0 Å². The molecule has 0 aliphatic heterocycles. The Morgan fingerprint density at radius 3 is 3.00 bits per heavy atom. The maximum Gasteiger partial charge on any atom is -0.0191 e. The molecule has 2 atom stereocenters. The summed E-state index contributed by atoms with van der Waals surface area (Å²) in [5, 5.41) is 0. The zero-order valence-electron chi connectivity index (χ0n) is 8.14. The quantitative estimate of drug-likeness (QED) is 0.509. The Kier molecular flexibility index (Phi) is 2.08. The summed E-state index contributed by atoms with van der Waals surface area (Å²) in [4.78, 5) is 0. The molecule has 0 N–H and O–H groups in total. The molecular formula is C12H18. The Labute approximate surface area is 75.4 Å². The lowest BCUT2D eigenvalue weighted by Gasteiger charge is -2.28. The van der Waals surface area contributed by atoms with Gasteiger partial charge in [0.05, 0.1) is 0 Å². The van der Waals surface area contributed by atoms with Crippen LogP contribution in [0.3, 0.4) is 0 Å². The van der Waals surface area contributed by atoms with E-state index in [1.807, 2.05) is 0 Å². The second-order valence-corrected chi connectivity index (χ2v) is 4.39. The van der Waals surface area contributed by atoms with Gasteiger partial charge in [-0.25, -0.2) is 0 Å². The predicted molar refractivity (Wildman–Crippen MR) is 53.0 cm³/mol. The molecule has 0 saturated heterocycles. The lowest BCUT2D eigenvalue weighted by Crippen LogP contribution is -2.12.